The minimum atomic E-state index is -0.286. The molecule has 0 saturated heterocycles. The molecule has 4 aliphatic heterocycles. The van der Waals surface area contributed by atoms with Gasteiger partial charge in [-0.25, -0.2) is 4.85 Å². The average Bonchev–Trinajstić information content (AvgIpc) is 1.97. The van der Waals surface area contributed by atoms with E-state index in [1.54, 1.807) is 6.07 Å². The third-order valence-corrected chi connectivity index (χ3v) is 17.0. The van der Waals surface area contributed by atoms with Gasteiger partial charge in [0, 0.05) is 62.4 Å². The smallest absolute Gasteiger partial charge is 0.256 e. The predicted octanol–water partition coefficient (Wildman–Crippen LogP) is 12.9. The zero-order valence-electron chi connectivity index (χ0n) is 43.3. The summed E-state index contributed by atoms with van der Waals surface area (Å²) in [5.41, 5.74) is 19.1. The predicted molar refractivity (Wildman–Crippen MR) is 327 cm³/mol. The molecule has 10 nitrogen and oxygen atoms in total. The lowest BCUT2D eigenvalue weighted by molar-refractivity contribution is 0.475. The molecule has 13 aromatic rings. The lowest BCUT2D eigenvalue weighted by atomic mass is 9.32. The van der Waals surface area contributed by atoms with Crippen LogP contribution in [0.3, 0.4) is 0 Å². The van der Waals surface area contributed by atoms with Crippen LogP contribution in [-0.2, 0) is 0 Å². The van der Waals surface area contributed by atoms with Crippen molar-refractivity contribution in [3.8, 4) is 52.6 Å². The van der Waals surface area contributed by atoms with Crippen LogP contribution >= 0.6 is 0 Å². The van der Waals surface area contributed by atoms with Crippen molar-refractivity contribution in [3.05, 3.63) is 246 Å². The normalized spacial score (nSPS) is 12.9. The molecule has 0 bridgehead atoms. The van der Waals surface area contributed by atoms with Gasteiger partial charge >= 0.3 is 0 Å². The molecule has 0 spiro atoms. The van der Waals surface area contributed by atoms with Gasteiger partial charge in [-0.3, -0.25) is 0 Å². The fraction of sp³-hybridized carbons (Fsp3) is 0. The molecule has 82 heavy (non-hydrogen) atoms. The van der Waals surface area contributed by atoms with E-state index in [4.69, 9.17) is 16.0 Å². The Kier molecular flexibility index (Phi) is 9.35. The fourth-order valence-corrected chi connectivity index (χ4v) is 13.8. The van der Waals surface area contributed by atoms with Gasteiger partial charge in [-0.1, -0.05) is 91.0 Å². The Bertz CT molecular complexity index is 5140. The van der Waals surface area contributed by atoms with Crippen molar-refractivity contribution >= 4 is 130 Å². The minimum absolute atomic E-state index is 0.278. The van der Waals surface area contributed by atoms with Crippen molar-refractivity contribution in [1.29, 1.82) is 15.8 Å². The molecule has 11 aromatic carbocycles. The van der Waals surface area contributed by atoms with Crippen LogP contribution in [0.15, 0.2) is 218 Å². The molecule has 0 N–H and O–H groups in total. The number of nitrogens with zero attached hydrogens (tertiary/aromatic N) is 8. The molecule has 12 heteroatoms. The topological polar surface area (TPSA) is 111 Å². The highest BCUT2D eigenvalue weighted by atomic mass is 16.5. The van der Waals surface area contributed by atoms with Gasteiger partial charge in [0.1, 0.15) is 29.1 Å². The third-order valence-electron chi connectivity index (χ3n) is 17.0. The van der Waals surface area contributed by atoms with Crippen LogP contribution in [0.25, 0.3) is 59.8 Å². The van der Waals surface area contributed by atoms with Gasteiger partial charge in [-0.2, -0.15) is 15.8 Å². The Morgan fingerprint density at radius 3 is 1.39 bits per heavy atom. The first-order valence-electron chi connectivity index (χ1n) is 27.0. The summed E-state index contributed by atoms with van der Waals surface area (Å²) in [4.78, 5) is 8.43. The third kappa shape index (κ3) is 6.21. The molecule has 4 aliphatic rings. The SMILES string of the molecule is [C-]#[N+]c1cc(C#N)c2c(c1)c1ccccc1n2-c1cc2c3c(c1)N(c1ccccc1)c1ccccc1B3c1cc3c(cc1O2)B1c2ccccc2N(c2ccccc2)c2cc(-n4c5ccc(C#N)cc5c5cc(C#N)ccc54)cc(c21)O3. The summed E-state index contributed by atoms with van der Waals surface area (Å²) in [5.74, 6) is 2.85. The first kappa shape index (κ1) is 45.3. The summed E-state index contributed by atoms with van der Waals surface area (Å²) in [6, 6.07) is 81.6. The summed E-state index contributed by atoms with van der Waals surface area (Å²) < 4.78 is 19.3. The molecular weight excluding hydrogens is 1010 g/mol. The second-order valence-electron chi connectivity index (χ2n) is 21.2. The number of ether oxygens (including phenoxy) is 2. The maximum absolute atomic E-state index is 10.8. The van der Waals surface area contributed by atoms with Crippen LogP contribution in [0.2, 0.25) is 0 Å². The van der Waals surface area contributed by atoms with E-state index in [9.17, 15) is 15.8 Å². The van der Waals surface area contributed by atoms with E-state index in [1.807, 2.05) is 66.7 Å². The summed E-state index contributed by atoms with van der Waals surface area (Å²) in [6.45, 7) is 7.39. The van der Waals surface area contributed by atoms with E-state index in [-0.39, 0.29) is 13.4 Å². The number of hydrogen-bond donors (Lipinski definition) is 0. The molecule has 0 fully saturated rings. The second kappa shape index (κ2) is 16.9. The van der Waals surface area contributed by atoms with Crippen molar-refractivity contribution in [2.75, 3.05) is 9.80 Å². The highest BCUT2D eigenvalue weighted by Crippen LogP contribution is 2.47. The number of rotatable bonds is 4. The van der Waals surface area contributed by atoms with Crippen LogP contribution in [0.4, 0.5) is 39.8 Å². The monoisotopic (exact) mass is 1040 g/mol. The van der Waals surface area contributed by atoms with Crippen molar-refractivity contribution in [2.45, 2.75) is 0 Å². The Morgan fingerprint density at radius 1 is 0.378 bits per heavy atom. The first-order valence-corrected chi connectivity index (χ1v) is 27.0. The molecular formula is C70H36B2N8O2. The Morgan fingerprint density at radius 2 is 0.866 bits per heavy atom. The van der Waals surface area contributed by atoms with Crippen LogP contribution in [0, 0.1) is 40.6 Å². The minimum Gasteiger partial charge on any atom is -0.458 e. The number of fused-ring (bicyclic) bond motifs is 14. The Hall–Kier alpha value is -11.7. The maximum Gasteiger partial charge on any atom is 0.256 e. The van der Waals surface area contributed by atoms with E-state index < -0.39 is 0 Å². The lowest BCUT2D eigenvalue weighted by Gasteiger charge is -2.42. The van der Waals surface area contributed by atoms with E-state index in [2.05, 4.69) is 188 Å². The number of aromatic nitrogens is 2. The molecule has 0 atom stereocenters. The average molecular weight is 1040 g/mol. The van der Waals surface area contributed by atoms with Crippen molar-refractivity contribution in [1.82, 2.24) is 9.13 Å². The first-order chi connectivity index (χ1) is 40.5. The number of nitriles is 3. The number of hydrogen-bond acceptors (Lipinski definition) is 7. The van der Waals surface area contributed by atoms with Crippen LogP contribution in [-0.4, -0.2) is 22.6 Å². The van der Waals surface area contributed by atoms with E-state index in [1.165, 1.54) is 0 Å². The fourth-order valence-electron chi connectivity index (χ4n) is 13.8. The molecule has 0 radical (unpaired) electrons. The van der Waals surface area contributed by atoms with Crippen LogP contribution in [0.1, 0.15) is 16.7 Å². The van der Waals surface area contributed by atoms with Crippen LogP contribution in [0.5, 0.6) is 23.0 Å². The van der Waals surface area contributed by atoms with Crippen molar-refractivity contribution < 1.29 is 9.47 Å². The van der Waals surface area contributed by atoms with Crippen molar-refractivity contribution in [3.63, 3.8) is 0 Å². The molecule has 0 unspecified atom stereocenters. The van der Waals surface area contributed by atoms with Gasteiger partial charge in [0.05, 0.1) is 68.8 Å². The van der Waals surface area contributed by atoms with Gasteiger partial charge in [-0.05, 0) is 153 Å². The van der Waals surface area contributed by atoms with Gasteiger partial charge in [-0.15, -0.1) is 0 Å². The second-order valence-corrected chi connectivity index (χ2v) is 21.2. The quantitative estimate of drug-likeness (QED) is 0.127. The molecule has 6 heterocycles. The van der Waals surface area contributed by atoms with Gasteiger partial charge in [0.25, 0.3) is 13.4 Å². The Labute approximate surface area is 470 Å². The highest BCUT2D eigenvalue weighted by Gasteiger charge is 2.47. The van der Waals surface area contributed by atoms with Crippen molar-refractivity contribution in [2.24, 2.45) is 0 Å². The molecule has 0 amide bonds. The molecule has 374 valence electrons. The maximum atomic E-state index is 10.8. The summed E-state index contributed by atoms with van der Waals surface area (Å²) in [6.07, 6.45) is 0. The van der Waals surface area contributed by atoms with E-state index in [0.29, 0.717) is 33.9 Å². The zero-order valence-corrected chi connectivity index (χ0v) is 43.3. The number of benzene rings is 11. The van der Waals surface area contributed by atoms with Gasteiger partial charge < -0.3 is 28.4 Å². The summed E-state index contributed by atoms with van der Waals surface area (Å²) in [7, 11) is 0. The summed E-state index contributed by atoms with van der Waals surface area (Å²) in [5, 5.41) is 34.5. The molecule has 2 aromatic heterocycles. The molecule has 0 aliphatic carbocycles. The summed E-state index contributed by atoms with van der Waals surface area (Å²) >= 11 is 0. The Balaban J connectivity index is 0.920. The number of anilines is 6. The highest BCUT2D eigenvalue weighted by molar-refractivity contribution is 7.01. The molecule has 0 saturated carbocycles. The molecule has 17 rings (SSSR count). The number of para-hydroxylation sites is 5. The van der Waals surface area contributed by atoms with Crippen LogP contribution < -0.4 is 52.1 Å². The van der Waals surface area contributed by atoms with E-state index in [0.717, 1.165) is 133 Å². The van der Waals surface area contributed by atoms with Gasteiger partial charge in [0.15, 0.2) is 5.69 Å². The standard InChI is InChI=1S/C70H36B2N8O2/c1-76-44-30-43(40-75)70-52(31-44)49-18-8-11-21-57(49)80(70)48-33-63-69-67(35-48)82-65-37-55-64(36-56(65)72(69)54-20-10-13-23-61(54)78(63)46-16-6-3-7-17-46)81-66-34-47(79-58-26-24-41(38-73)28-50(58)51-29-42(39-74)25-27-59(51)79)32-62-68(66)71(55)53-19-9-12-22-60(53)77(62)45-14-4-2-5-15-45/h2-37H. The largest absolute Gasteiger partial charge is 0.458 e. The lowest BCUT2D eigenvalue weighted by Crippen LogP contribution is -2.62. The van der Waals surface area contributed by atoms with E-state index >= 15 is 0 Å². The zero-order chi connectivity index (χ0) is 54.5. The van der Waals surface area contributed by atoms with Gasteiger partial charge in [0.2, 0.25) is 0 Å².